The van der Waals surface area contributed by atoms with Crippen molar-refractivity contribution in [1.82, 2.24) is 9.03 Å². The third-order valence-electron chi connectivity index (χ3n) is 1.78. The average Bonchev–Trinajstić information content (AvgIpc) is 2.13. The fraction of sp³-hybridized carbons (Fsp3) is 0.900. The van der Waals surface area contributed by atoms with Gasteiger partial charge in [0.15, 0.2) is 0 Å². The van der Waals surface area contributed by atoms with Crippen LogP contribution in [0.3, 0.4) is 0 Å². The number of nitrogens with zero attached hydrogens (tertiary/aromatic N) is 1. The second-order valence-electron chi connectivity index (χ2n) is 4.77. The number of rotatable bonds is 6. The average molecular weight is 266 g/mol. The van der Waals surface area contributed by atoms with Crippen LogP contribution in [0.1, 0.15) is 34.1 Å². The normalized spacial score (nSPS) is 12.8. The summed E-state index contributed by atoms with van der Waals surface area (Å²) in [7, 11) is -2.43. The highest BCUT2D eigenvalue weighted by molar-refractivity contribution is 7.87. The summed E-state index contributed by atoms with van der Waals surface area (Å²) in [5.41, 5.74) is -0.582. The van der Waals surface area contributed by atoms with Crippen LogP contribution in [-0.4, -0.2) is 44.4 Å². The van der Waals surface area contributed by atoms with Gasteiger partial charge in [0.05, 0.1) is 7.11 Å². The van der Waals surface area contributed by atoms with Gasteiger partial charge in [0.1, 0.15) is 6.54 Å². The van der Waals surface area contributed by atoms with Crippen LogP contribution in [-0.2, 0) is 19.7 Å². The van der Waals surface area contributed by atoms with Crippen molar-refractivity contribution >= 4 is 16.2 Å². The van der Waals surface area contributed by atoms with Crippen LogP contribution in [0, 0.1) is 0 Å². The van der Waals surface area contributed by atoms with E-state index in [1.54, 1.807) is 20.8 Å². The quantitative estimate of drug-likeness (QED) is 0.711. The Labute approximate surface area is 104 Å². The Morgan fingerprint density at radius 1 is 1.35 bits per heavy atom. The Balaban J connectivity index is 4.85. The van der Waals surface area contributed by atoms with Crippen LogP contribution in [0.2, 0.25) is 0 Å². The molecule has 0 aliphatic carbocycles. The number of methoxy groups -OCH3 is 1. The number of hydrogen-bond acceptors (Lipinski definition) is 4. The van der Waals surface area contributed by atoms with Crippen molar-refractivity contribution in [2.45, 2.75) is 39.7 Å². The molecule has 0 aromatic rings. The van der Waals surface area contributed by atoms with Gasteiger partial charge < -0.3 is 4.74 Å². The van der Waals surface area contributed by atoms with E-state index >= 15 is 0 Å². The van der Waals surface area contributed by atoms with Crippen molar-refractivity contribution in [2.24, 2.45) is 0 Å². The lowest BCUT2D eigenvalue weighted by Crippen LogP contribution is -2.50. The van der Waals surface area contributed by atoms with E-state index in [0.29, 0.717) is 6.42 Å². The Kier molecular flexibility index (Phi) is 6.08. The highest BCUT2D eigenvalue weighted by Crippen LogP contribution is 2.07. The predicted molar refractivity (Wildman–Crippen MR) is 65.7 cm³/mol. The van der Waals surface area contributed by atoms with E-state index in [-0.39, 0.29) is 13.1 Å². The first kappa shape index (κ1) is 16.3. The van der Waals surface area contributed by atoms with Gasteiger partial charge in [0, 0.05) is 12.1 Å². The molecular weight excluding hydrogens is 244 g/mol. The topological polar surface area (TPSA) is 75.7 Å². The summed E-state index contributed by atoms with van der Waals surface area (Å²) in [4.78, 5) is 11.2. The summed E-state index contributed by atoms with van der Waals surface area (Å²) in [5.74, 6) is -0.572. The minimum absolute atomic E-state index is 0.268. The van der Waals surface area contributed by atoms with Crippen molar-refractivity contribution in [3.05, 3.63) is 0 Å². The Morgan fingerprint density at radius 2 is 1.88 bits per heavy atom. The molecule has 0 saturated heterocycles. The summed E-state index contributed by atoms with van der Waals surface area (Å²) in [5, 5.41) is 0. The van der Waals surface area contributed by atoms with Gasteiger partial charge in [0.25, 0.3) is 10.2 Å². The molecule has 0 bridgehead atoms. The van der Waals surface area contributed by atoms with Crippen molar-refractivity contribution < 1.29 is 17.9 Å². The molecule has 7 heteroatoms. The van der Waals surface area contributed by atoms with E-state index in [0.717, 1.165) is 4.31 Å². The second kappa shape index (κ2) is 6.32. The van der Waals surface area contributed by atoms with Gasteiger partial charge in [-0.3, -0.25) is 4.79 Å². The summed E-state index contributed by atoms with van der Waals surface area (Å²) >= 11 is 0. The van der Waals surface area contributed by atoms with Gasteiger partial charge >= 0.3 is 5.97 Å². The molecule has 0 aliphatic heterocycles. The summed E-state index contributed by atoms with van der Waals surface area (Å²) < 4.78 is 32.1. The maximum Gasteiger partial charge on any atom is 0.321 e. The predicted octanol–water partition coefficient (Wildman–Crippen LogP) is 0.504. The first-order chi connectivity index (χ1) is 7.62. The largest absolute Gasteiger partial charge is 0.468 e. The molecule has 0 rings (SSSR count). The lowest BCUT2D eigenvalue weighted by Gasteiger charge is -2.26. The van der Waals surface area contributed by atoms with E-state index in [9.17, 15) is 13.2 Å². The molecule has 0 amide bonds. The molecule has 6 nitrogen and oxygen atoms in total. The zero-order valence-corrected chi connectivity index (χ0v) is 11.9. The first-order valence-corrected chi connectivity index (χ1v) is 6.92. The monoisotopic (exact) mass is 266 g/mol. The van der Waals surface area contributed by atoms with Gasteiger partial charge in [-0.1, -0.05) is 6.92 Å². The van der Waals surface area contributed by atoms with Crippen LogP contribution >= 0.6 is 0 Å². The lowest BCUT2D eigenvalue weighted by atomic mass is 10.1. The smallest absolute Gasteiger partial charge is 0.321 e. The number of ether oxygens (including phenoxy) is 1. The van der Waals surface area contributed by atoms with Gasteiger partial charge in [-0.2, -0.15) is 17.4 Å². The molecule has 0 saturated carbocycles. The number of carbonyl (C=O) groups excluding carboxylic acids is 1. The molecule has 0 radical (unpaired) electrons. The lowest BCUT2D eigenvalue weighted by molar-refractivity contribution is -0.140. The Morgan fingerprint density at radius 3 is 2.24 bits per heavy atom. The van der Waals surface area contributed by atoms with Crippen molar-refractivity contribution in [1.29, 1.82) is 0 Å². The summed E-state index contributed by atoms with van der Waals surface area (Å²) in [6.07, 6.45) is 0.627. The molecule has 0 unspecified atom stereocenters. The highest BCUT2D eigenvalue weighted by atomic mass is 32.2. The maximum atomic E-state index is 12.0. The van der Waals surface area contributed by atoms with Crippen LogP contribution in [0.4, 0.5) is 0 Å². The SMILES string of the molecule is CCCN(CC(=O)OC)S(=O)(=O)NC(C)(C)C. The first-order valence-electron chi connectivity index (χ1n) is 5.48. The van der Waals surface area contributed by atoms with Crippen molar-refractivity contribution in [2.75, 3.05) is 20.2 Å². The molecule has 0 aromatic carbocycles. The molecule has 0 heterocycles. The fourth-order valence-electron chi connectivity index (χ4n) is 1.19. The molecule has 0 aromatic heterocycles. The summed E-state index contributed by atoms with van der Waals surface area (Å²) in [6, 6.07) is 0. The van der Waals surface area contributed by atoms with Crippen LogP contribution in [0.25, 0.3) is 0 Å². The van der Waals surface area contributed by atoms with Crippen molar-refractivity contribution in [3.63, 3.8) is 0 Å². The third kappa shape index (κ3) is 6.60. The molecule has 0 aliphatic rings. The fourth-order valence-corrected chi connectivity index (χ4v) is 2.79. The highest BCUT2D eigenvalue weighted by Gasteiger charge is 2.28. The van der Waals surface area contributed by atoms with Gasteiger partial charge in [0.2, 0.25) is 0 Å². The van der Waals surface area contributed by atoms with Crippen molar-refractivity contribution in [3.8, 4) is 0 Å². The molecule has 0 atom stereocenters. The van der Waals surface area contributed by atoms with Gasteiger partial charge in [-0.15, -0.1) is 0 Å². The van der Waals surface area contributed by atoms with Gasteiger partial charge in [-0.05, 0) is 27.2 Å². The second-order valence-corrected chi connectivity index (χ2v) is 6.44. The number of carbonyl (C=O) groups is 1. The number of esters is 1. The number of hydrogen-bond donors (Lipinski definition) is 1. The van der Waals surface area contributed by atoms with E-state index in [1.807, 2.05) is 6.92 Å². The standard InChI is InChI=1S/C10H22N2O4S/c1-6-7-12(8-9(13)16-5)17(14,15)11-10(2,3)4/h11H,6-8H2,1-5H3. The molecule has 1 N–H and O–H groups in total. The van der Waals surface area contributed by atoms with Crippen LogP contribution in [0.15, 0.2) is 0 Å². The molecule has 102 valence electrons. The van der Waals surface area contributed by atoms with Crippen LogP contribution in [0.5, 0.6) is 0 Å². The molecule has 17 heavy (non-hydrogen) atoms. The summed E-state index contributed by atoms with van der Waals surface area (Å²) in [6.45, 7) is 7.08. The minimum atomic E-state index is -3.66. The Hall–Kier alpha value is -0.660. The van der Waals surface area contributed by atoms with E-state index < -0.39 is 21.7 Å². The zero-order valence-electron chi connectivity index (χ0n) is 11.1. The van der Waals surface area contributed by atoms with E-state index in [4.69, 9.17) is 0 Å². The maximum absolute atomic E-state index is 12.0. The molecule has 0 fully saturated rings. The molecule has 0 spiro atoms. The zero-order chi connectivity index (χ0) is 13.7. The minimum Gasteiger partial charge on any atom is -0.468 e. The number of nitrogens with one attached hydrogen (secondary N) is 1. The Bertz CT molecular complexity index is 346. The van der Waals surface area contributed by atoms with Gasteiger partial charge in [-0.25, -0.2) is 0 Å². The molecular formula is C10H22N2O4S. The van der Waals surface area contributed by atoms with Crippen LogP contribution < -0.4 is 4.72 Å². The third-order valence-corrected chi connectivity index (χ3v) is 3.64. The van der Waals surface area contributed by atoms with E-state index in [2.05, 4.69) is 9.46 Å². The van der Waals surface area contributed by atoms with E-state index in [1.165, 1.54) is 7.11 Å².